The van der Waals surface area contributed by atoms with Gasteiger partial charge in [-0.1, -0.05) is 6.92 Å². The van der Waals surface area contributed by atoms with E-state index < -0.39 is 0 Å². The first-order chi connectivity index (χ1) is 9.26. The van der Waals surface area contributed by atoms with Crippen molar-refractivity contribution in [2.24, 2.45) is 5.92 Å². The molecule has 108 valence electrons. The molecule has 3 nitrogen and oxygen atoms in total. The van der Waals surface area contributed by atoms with Crippen LogP contribution in [0.15, 0.2) is 4.47 Å². The normalized spacial score (nSPS) is 17.0. The van der Waals surface area contributed by atoms with E-state index in [-0.39, 0.29) is 0 Å². The smallest absolute Gasteiger partial charge is 0.0767 e. The fourth-order valence-corrected chi connectivity index (χ4v) is 4.44. The number of nitrogens with zero attached hydrogens (tertiary/aromatic N) is 2. The van der Waals surface area contributed by atoms with Crippen LogP contribution >= 0.6 is 27.7 Å². The van der Waals surface area contributed by atoms with E-state index in [2.05, 4.69) is 56.6 Å². The van der Waals surface area contributed by atoms with Crippen LogP contribution in [0.1, 0.15) is 38.1 Å². The van der Waals surface area contributed by atoms with Crippen molar-refractivity contribution in [3.05, 3.63) is 15.9 Å². The Kier molecular flexibility index (Phi) is 6.23. The summed E-state index contributed by atoms with van der Waals surface area (Å²) in [6, 6.07) is 0. The zero-order chi connectivity index (χ0) is 13.7. The topological polar surface area (TPSA) is 29.9 Å². The first-order valence-corrected chi connectivity index (χ1v) is 9.23. The third-order valence-electron chi connectivity index (χ3n) is 3.76. The van der Waals surface area contributed by atoms with Gasteiger partial charge in [-0.2, -0.15) is 16.9 Å². The molecule has 1 saturated heterocycles. The Morgan fingerprint density at radius 1 is 1.37 bits per heavy atom. The van der Waals surface area contributed by atoms with Crippen LogP contribution < -0.4 is 5.32 Å². The standard InChI is InChI=1S/C14H24BrN3S/c1-3-12-14(15)13(18(4-2)17-12)10-16-9-11-5-7-19-8-6-11/h11,16H,3-10H2,1-2H3. The van der Waals surface area contributed by atoms with Crippen LogP contribution in [-0.4, -0.2) is 27.8 Å². The quantitative estimate of drug-likeness (QED) is 0.856. The summed E-state index contributed by atoms with van der Waals surface area (Å²) in [7, 11) is 0. The van der Waals surface area contributed by atoms with Gasteiger partial charge in [-0.25, -0.2) is 0 Å². The average Bonchev–Trinajstić information content (AvgIpc) is 2.76. The number of halogens is 1. The molecule has 2 rings (SSSR count). The number of hydrogen-bond acceptors (Lipinski definition) is 3. The highest BCUT2D eigenvalue weighted by Gasteiger charge is 2.16. The lowest BCUT2D eigenvalue weighted by atomic mass is 10.0. The number of rotatable bonds is 6. The van der Waals surface area contributed by atoms with E-state index in [9.17, 15) is 0 Å². The lowest BCUT2D eigenvalue weighted by Crippen LogP contribution is -2.26. The van der Waals surface area contributed by atoms with E-state index in [1.165, 1.54) is 40.2 Å². The van der Waals surface area contributed by atoms with Crippen molar-refractivity contribution in [2.75, 3.05) is 18.1 Å². The molecule has 2 heterocycles. The highest BCUT2D eigenvalue weighted by Crippen LogP contribution is 2.24. The highest BCUT2D eigenvalue weighted by atomic mass is 79.9. The number of aryl methyl sites for hydroxylation is 2. The molecule has 0 saturated carbocycles. The minimum atomic E-state index is 0.865. The van der Waals surface area contributed by atoms with Crippen molar-refractivity contribution < 1.29 is 0 Å². The summed E-state index contributed by atoms with van der Waals surface area (Å²) in [6.45, 7) is 7.31. The number of hydrogen-bond donors (Lipinski definition) is 1. The van der Waals surface area contributed by atoms with Gasteiger partial charge >= 0.3 is 0 Å². The maximum atomic E-state index is 4.64. The van der Waals surface area contributed by atoms with Crippen molar-refractivity contribution in [1.29, 1.82) is 0 Å². The summed E-state index contributed by atoms with van der Waals surface area (Å²) >= 11 is 5.80. The molecule has 0 aliphatic carbocycles. The van der Waals surface area contributed by atoms with Gasteiger partial charge in [0.1, 0.15) is 0 Å². The van der Waals surface area contributed by atoms with Gasteiger partial charge < -0.3 is 5.32 Å². The van der Waals surface area contributed by atoms with Gasteiger partial charge in [-0.15, -0.1) is 0 Å². The molecule has 0 unspecified atom stereocenters. The monoisotopic (exact) mass is 345 g/mol. The van der Waals surface area contributed by atoms with Gasteiger partial charge in [0, 0.05) is 13.1 Å². The molecular formula is C14H24BrN3S. The Labute approximate surface area is 129 Å². The zero-order valence-electron chi connectivity index (χ0n) is 11.9. The molecule has 0 atom stereocenters. The van der Waals surface area contributed by atoms with Gasteiger partial charge in [-0.3, -0.25) is 4.68 Å². The first kappa shape index (κ1) is 15.4. The molecular weight excluding hydrogens is 322 g/mol. The Hall–Kier alpha value is -0.000000000000000111. The highest BCUT2D eigenvalue weighted by molar-refractivity contribution is 9.10. The Balaban J connectivity index is 1.89. The van der Waals surface area contributed by atoms with Gasteiger partial charge in [0.25, 0.3) is 0 Å². The SMILES string of the molecule is CCc1nn(CC)c(CNCC2CCSCC2)c1Br. The molecule has 1 aromatic heterocycles. The molecule has 1 N–H and O–H groups in total. The maximum Gasteiger partial charge on any atom is 0.0767 e. The van der Waals surface area contributed by atoms with Crippen molar-refractivity contribution in [3.8, 4) is 0 Å². The molecule has 0 aromatic carbocycles. The second-order valence-electron chi connectivity index (χ2n) is 5.06. The minimum Gasteiger partial charge on any atom is -0.311 e. The lowest BCUT2D eigenvalue weighted by Gasteiger charge is -2.21. The van der Waals surface area contributed by atoms with E-state index in [1.807, 2.05) is 0 Å². The van der Waals surface area contributed by atoms with Crippen LogP contribution in [0, 0.1) is 5.92 Å². The van der Waals surface area contributed by atoms with E-state index >= 15 is 0 Å². The average molecular weight is 346 g/mol. The predicted molar refractivity (Wildman–Crippen MR) is 86.7 cm³/mol. The van der Waals surface area contributed by atoms with Gasteiger partial charge in [-0.05, 0) is 66.1 Å². The van der Waals surface area contributed by atoms with Gasteiger partial charge in [0.15, 0.2) is 0 Å². The molecule has 1 aliphatic heterocycles. The van der Waals surface area contributed by atoms with Crippen LogP contribution in [0.25, 0.3) is 0 Å². The van der Waals surface area contributed by atoms with E-state index in [0.29, 0.717) is 0 Å². The minimum absolute atomic E-state index is 0.865. The van der Waals surface area contributed by atoms with Crippen molar-refractivity contribution in [1.82, 2.24) is 15.1 Å². The molecule has 1 aliphatic rings. The summed E-state index contributed by atoms with van der Waals surface area (Å²) < 4.78 is 3.32. The molecule has 5 heteroatoms. The summed E-state index contributed by atoms with van der Waals surface area (Å²) in [4.78, 5) is 0. The molecule has 1 aromatic rings. The first-order valence-electron chi connectivity index (χ1n) is 7.28. The number of aromatic nitrogens is 2. The van der Waals surface area contributed by atoms with Crippen LogP contribution in [0.3, 0.4) is 0 Å². The second kappa shape index (κ2) is 7.70. The third-order valence-corrected chi connectivity index (χ3v) is 5.72. The Bertz CT molecular complexity index is 400. The van der Waals surface area contributed by atoms with Crippen LogP contribution in [0.4, 0.5) is 0 Å². The molecule has 0 bridgehead atoms. The summed E-state index contributed by atoms with van der Waals surface area (Å²) in [5.41, 5.74) is 2.47. The van der Waals surface area contributed by atoms with Crippen LogP contribution in [0.2, 0.25) is 0 Å². The molecule has 0 amide bonds. The second-order valence-corrected chi connectivity index (χ2v) is 7.08. The fraction of sp³-hybridized carbons (Fsp3) is 0.786. The lowest BCUT2D eigenvalue weighted by molar-refractivity contribution is 0.440. The zero-order valence-corrected chi connectivity index (χ0v) is 14.3. The fourth-order valence-electron chi connectivity index (χ4n) is 2.53. The van der Waals surface area contributed by atoms with Gasteiger partial charge in [0.2, 0.25) is 0 Å². The molecule has 0 radical (unpaired) electrons. The van der Waals surface area contributed by atoms with Crippen molar-refractivity contribution in [3.63, 3.8) is 0 Å². The third kappa shape index (κ3) is 3.99. The van der Waals surface area contributed by atoms with Crippen molar-refractivity contribution in [2.45, 2.75) is 46.2 Å². The largest absolute Gasteiger partial charge is 0.311 e. The molecule has 19 heavy (non-hydrogen) atoms. The van der Waals surface area contributed by atoms with E-state index in [1.54, 1.807) is 0 Å². The maximum absolute atomic E-state index is 4.64. The Morgan fingerprint density at radius 2 is 2.11 bits per heavy atom. The van der Waals surface area contributed by atoms with E-state index in [0.717, 1.165) is 32.0 Å². The summed E-state index contributed by atoms with van der Waals surface area (Å²) in [5, 5.41) is 8.26. The Morgan fingerprint density at radius 3 is 2.74 bits per heavy atom. The summed E-state index contributed by atoms with van der Waals surface area (Å²) in [5.74, 6) is 3.54. The molecule has 0 spiro atoms. The van der Waals surface area contributed by atoms with Crippen LogP contribution in [-0.2, 0) is 19.5 Å². The number of nitrogens with one attached hydrogen (secondary N) is 1. The molecule has 1 fully saturated rings. The summed E-state index contributed by atoms with van der Waals surface area (Å²) in [6.07, 6.45) is 3.72. The van der Waals surface area contributed by atoms with Crippen LogP contribution in [0.5, 0.6) is 0 Å². The van der Waals surface area contributed by atoms with E-state index in [4.69, 9.17) is 0 Å². The number of thioether (sulfide) groups is 1. The van der Waals surface area contributed by atoms with Crippen molar-refractivity contribution >= 4 is 27.7 Å². The van der Waals surface area contributed by atoms with Gasteiger partial charge in [0.05, 0.1) is 15.9 Å². The predicted octanol–water partition coefficient (Wildman–Crippen LogP) is 3.46.